The molecule has 0 aliphatic carbocycles. The molecular formula is C17H10Cl2O2S2. The van der Waals surface area contributed by atoms with E-state index in [-0.39, 0.29) is 15.5 Å². The lowest BCUT2D eigenvalue weighted by Crippen LogP contribution is -2.17. The van der Waals surface area contributed by atoms with Crippen LogP contribution < -0.4 is 0 Å². The van der Waals surface area contributed by atoms with Crippen LogP contribution in [-0.2, 0) is 4.79 Å². The Hall–Kier alpha value is -1.33. The van der Waals surface area contributed by atoms with Crippen molar-refractivity contribution in [2.24, 2.45) is 0 Å². The van der Waals surface area contributed by atoms with Crippen LogP contribution in [0, 0.1) is 0 Å². The monoisotopic (exact) mass is 380 g/mol. The van der Waals surface area contributed by atoms with Gasteiger partial charge < -0.3 is 5.11 Å². The Morgan fingerprint density at radius 1 is 1.00 bits per heavy atom. The second-order valence-corrected chi connectivity index (χ2v) is 8.57. The van der Waals surface area contributed by atoms with Gasteiger partial charge in [-0.15, -0.1) is 0 Å². The smallest absolute Gasteiger partial charge is 0.231 e. The van der Waals surface area contributed by atoms with Gasteiger partial charge in [-0.3, -0.25) is 4.79 Å². The summed E-state index contributed by atoms with van der Waals surface area (Å²) in [4.78, 5) is 12.2. The molecule has 0 radical (unpaired) electrons. The summed E-state index contributed by atoms with van der Waals surface area (Å²) in [7, 11) is 0. The number of rotatable bonds is 2. The maximum atomic E-state index is 12.2. The van der Waals surface area contributed by atoms with Gasteiger partial charge in [-0.2, -0.15) is 0 Å². The molecule has 116 valence electrons. The van der Waals surface area contributed by atoms with E-state index in [2.05, 4.69) is 0 Å². The number of carbonyl (C=O) groups excluding carboxylic acids is 1. The third-order valence-corrected chi connectivity index (χ3v) is 5.51. The lowest BCUT2D eigenvalue weighted by Gasteiger charge is -2.07. The lowest BCUT2D eigenvalue weighted by molar-refractivity contribution is -0.113. The van der Waals surface area contributed by atoms with Gasteiger partial charge in [0.05, 0.1) is 9.77 Å². The lowest BCUT2D eigenvalue weighted by atomic mass is 10.0. The molecule has 6 heteroatoms. The molecule has 3 rings (SSSR count). The number of thioether (sulfide) groups is 1. The highest BCUT2D eigenvalue weighted by Gasteiger charge is 2.48. The van der Waals surface area contributed by atoms with Crippen LogP contribution in [0.15, 0.2) is 60.2 Å². The summed E-state index contributed by atoms with van der Waals surface area (Å²) >= 11 is 17.7. The van der Waals surface area contributed by atoms with Crippen LogP contribution in [0.2, 0.25) is 0 Å². The molecule has 0 amide bonds. The minimum atomic E-state index is -1.66. The predicted molar refractivity (Wildman–Crippen MR) is 101 cm³/mol. The van der Waals surface area contributed by atoms with Crippen molar-refractivity contribution in [1.29, 1.82) is 0 Å². The molecule has 1 heterocycles. The minimum absolute atomic E-state index is 0.00228. The Labute approximate surface area is 153 Å². The van der Waals surface area contributed by atoms with E-state index in [9.17, 15) is 9.90 Å². The first-order valence-corrected chi connectivity index (χ1v) is 8.63. The highest BCUT2D eigenvalue weighted by molar-refractivity contribution is 8.27. The average molecular weight is 381 g/mol. The quantitative estimate of drug-likeness (QED) is 0.327. The van der Waals surface area contributed by atoms with Crippen LogP contribution in [-0.4, -0.2) is 18.8 Å². The van der Waals surface area contributed by atoms with Crippen LogP contribution in [0.25, 0.3) is 16.9 Å². The summed E-state index contributed by atoms with van der Waals surface area (Å²) in [6.07, 6.45) is 0. The molecule has 1 aliphatic heterocycles. The summed E-state index contributed by atoms with van der Waals surface area (Å²) in [5.74, 6) is -0.782. The summed E-state index contributed by atoms with van der Waals surface area (Å²) in [6.45, 7) is 0. The number of aliphatic hydroxyl groups is 1. The number of halogens is 2. The Balaban J connectivity index is 1.98. The van der Waals surface area contributed by atoms with Crippen molar-refractivity contribution in [3.8, 4) is 11.1 Å². The molecule has 2 aromatic rings. The van der Waals surface area contributed by atoms with E-state index in [0.717, 1.165) is 22.9 Å². The number of aliphatic hydroxyl groups excluding tert-OH is 1. The topological polar surface area (TPSA) is 37.3 Å². The zero-order valence-corrected chi connectivity index (χ0v) is 14.8. The van der Waals surface area contributed by atoms with Crippen LogP contribution >= 0.6 is 47.2 Å². The number of hydrogen-bond donors (Lipinski definition) is 1. The van der Waals surface area contributed by atoms with Crippen molar-refractivity contribution >= 4 is 62.9 Å². The molecule has 1 N–H and O–H groups in total. The standard InChI is InChI=1S/C17H10Cl2O2S2/c18-17(19)15(21)13(16(22)23-17)14(20)12-8-6-11(7-9-12)10-4-2-1-3-5-10/h1-9,20H/b14-13+. The number of hydrogen-bond acceptors (Lipinski definition) is 4. The van der Waals surface area contributed by atoms with Gasteiger partial charge in [0.2, 0.25) is 9.45 Å². The number of ketones is 1. The van der Waals surface area contributed by atoms with Crippen LogP contribution in [0.3, 0.4) is 0 Å². The van der Waals surface area contributed by atoms with Crippen molar-refractivity contribution in [3.63, 3.8) is 0 Å². The molecule has 0 spiro atoms. The van der Waals surface area contributed by atoms with Crippen molar-refractivity contribution in [1.82, 2.24) is 0 Å². The fourth-order valence-corrected chi connectivity index (χ4v) is 4.46. The van der Waals surface area contributed by atoms with Gasteiger partial charge in [0, 0.05) is 5.56 Å². The second kappa shape index (κ2) is 6.29. The molecule has 1 fully saturated rings. The number of alkyl halides is 2. The van der Waals surface area contributed by atoms with Crippen LogP contribution in [0.1, 0.15) is 5.56 Å². The number of thiocarbonyl (C=S) groups is 1. The predicted octanol–water partition coefficient (Wildman–Crippen LogP) is 5.40. The van der Waals surface area contributed by atoms with Crippen molar-refractivity contribution in [2.45, 2.75) is 3.67 Å². The van der Waals surface area contributed by atoms with E-state index < -0.39 is 9.45 Å². The molecular weight excluding hydrogens is 371 g/mol. The first-order chi connectivity index (χ1) is 10.9. The first-order valence-electron chi connectivity index (χ1n) is 6.65. The molecule has 1 aliphatic rings. The maximum Gasteiger partial charge on any atom is 0.231 e. The van der Waals surface area contributed by atoms with Gasteiger partial charge in [0.1, 0.15) is 5.76 Å². The zero-order valence-electron chi connectivity index (χ0n) is 11.6. The fourth-order valence-electron chi connectivity index (χ4n) is 2.25. The third kappa shape index (κ3) is 3.17. The summed E-state index contributed by atoms with van der Waals surface area (Å²) in [5.41, 5.74) is 2.56. The molecule has 0 atom stereocenters. The Morgan fingerprint density at radius 3 is 2.09 bits per heavy atom. The summed E-state index contributed by atoms with van der Waals surface area (Å²) < 4.78 is -1.46. The highest BCUT2D eigenvalue weighted by atomic mass is 35.5. The number of carbonyl (C=O) groups is 1. The fraction of sp³-hybridized carbons (Fsp3) is 0.0588. The molecule has 23 heavy (non-hydrogen) atoms. The minimum Gasteiger partial charge on any atom is -0.506 e. The van der Waals surface area contributed by atoms with E-state index in [1.807, 2.05) is 42.5 Å². The molecule has 0 aromatic heterocycles. The first kappa shape index (κ1) is 16.5. The highest BCUT2D eigenvalue weighted by Crippen LogP contribution is 2.48. The van der Waals surface area contributed by atoms with Gasteiger partial charge in [0.15, 0.2) is 0 Å². The largest absolute Gasteiger partial charge is 0.506 e. The van der Waals surface area contributed by atoms with Gasteiger partial charge in [-0.1, -0.05) is 102 Å². The average Bonchev–Trinajstić information content (AvgIpc) is 2.75. The van der Waals surface area contributed by atoms with Crippen LogP contribution in [0.4, 0.5) is 0 Å². The SMILES string of the molecule is O=C1/C(=C(\O)c2ccc(-c3ccccc3)cc2)C(=S)SC1(Cl)Cl. The molecule has 0 unspecified atom stereocenters. The maximum absolute atomic E-state index is 12.2. The Kier molecular flexibility index (Phi) is 4.52. The summed E-state index contributed by atoms with van der Waals surface area (Å²) in [6, 6.07) is 17.0. The van der Waals surface area contributed by atoms with E-state index in [1.54, 1.807) is 12.1 Å². The third-order valence-electron chi connectivity index (χ3n) is 3.42. The van der Waals surface area contributed by atoms with Gasteiger partial charge in [0.25, 0.3) is 0 Å². The Bertz CT molecular complexity index is 812. The zero-order chi connectivity index (χ0) is 16.6. The van der Waals surface area contributed by atoms with Gasteiger partial charge in [-0.25, -0.2) is 0 Å². The Morgan fingerprint density at radius 2 is 1.57 bits per heavy atom. The van der Waals surface area contributed by atoms with Gasteiger partial charge in [-0.05, 0) is 11.1 Å². The molecule has 2 aromatic carbocycles. The van der Waals surface area contributed by atoms with E-state index in [4.69, 9.17) is 35.4 Å². The van der Waals surface area contributed by atoms with E-state index in [0.29, 0.717) is 5.56 Å². The van der Waals surface area contributed by atoms with Crippen molar-refractivity contribution < 1.29 is 9.90 Å². The molecule has 2 nitrogen and oxygen atoms in total. The number of Topliss-reactive ketones (excluding diaryl/α,β-unsaturated/α-hetero) is 1. The second-order valence-electron chi connectivity index (χ2n) is 4.90. The number of benzene rings is 2. The van der Waals surface area contributed by atoms with E-state index >= 15 is 0 Å². The van der Waals surface area contributed by atoms with Crippen molar-refractivity contribution in [2.75, 3.05) is 0 Å². The normalized spacial score (nSPS) is 19.0. The van der Waals surface area contributed by atoms with E-state index in [1.165, 1.54) is 0 Å². The van der Waals surface area contributed by atoms with Crippen LogP contribution in [0.5, 0.6) is 0 Å². The molecule has 0 saturated carbocycles. The van der Waals surface area contributed by atoms with Gasteiger partial charge >= 0.3 is 0 Å². The molecule has 1 saturated heterocycles. The molecule has 0 bridgehead atoms. The summed E-state index contributed by atoms with van der Waals surface area (Å²) in [5, 5.41) is 10.4. The van der Waals surface area contributed by atoms with Crippen molar-refractivity contribution in [3.05, 3.63) is 65.7 Å².